The van der Waals surface area contributed by atoms with E-state index in [2.05, 4.69) is 6.58 Å². The van der Waals surface area contributed by atoms with E-state index >= 15 is 0 Å². The van der Waals surface area contributed by atoms with Crippen LogP contribution in [-0.2, 0) is 23.8 Å². The molecule has 0 bridgehead atoms. The molecule has 0 aromatic heterocycles. The summed E-state index contributed by atoms with van der Waals surface area (Å²) in [6, 6.07) is 0. The van der Waals surface area contributed by atoms with Gasteiger partial charge in [0.1, 0.15) is 0 Å². The Labute approximate surface area is 121 Å². The number of allylic oxidation sites excluding steroid dienone is 1. The molecule has 1 unspecified atom stereocenters. The van der Waals surface area contributed by atoms with Gasteiger partial charge in [0.2, 0.25) is 0 Å². The van der Waals surface area contributed by atoms with Gasteiger partial charge in [0, 0.05) is 6.61 Å². The molecule has 0 aromatic rings. The van der Waals surface area contributed by atoms with Gasteiger partial charge in [-0.15, -0.1) is 6.58 Å². The largest absolute Gasteiger partial charge is 0.463 e. The van der Waals surface area contributed by atoms with E-state index < -0.39 is 24.0 Å². The average molecular weight is 286 g/mol. The molecule has 0 N–H and O–H groups in total. The van der Waals surface area contributed by atoms with Crippen molar-refractivity contribution in [1.82, 2.24) is 0 Å². The number of rotatable bonds is 9. The van der Waals surface area contributed by atoms with Crippen LogP contribution in [0.5, 0.6) is 0 Å². The van der Waals surface area contributed by atoms with Crippen LogP contribution in [-0.4, -0.2) is 36.9 Å². The number of ether oxygens (including phenoxy) is 3. The van der Waals surface area contributed by atoms with Crippen molar-refractivity contribution < 1.29 is 23.8 Å². The second-order valence-corrected chi connectivity index (χ2v) is 4.98. The summed E-state index contributed by atoms with van der Waals surface area (Å²) in [7, 11) is 0. The maximum absolute atomic E-state index is 12.1. The molecule has 5 nitrogen and oxygen atoms in total. The zero-order valence-corrected chi connectivity index (χ0v) is 13.0. The van der Waals surface area contributed by atoms with E-state index in [0.29, 0.717) is 13.0 Å². The fourth-order valence-electron chi connectivity index (χ4n) is 1.67. The summed E-state index contributed by atoms with van der Waals surface area (Å²) in [5, 5.41) is 0. The third-order valence-corrected chi connectivity index (χ3v) is 2.37. The van der Waals surface area contributed by atoms with Crippen molar-refractivity contribution in [1.29, 1.82) is 0 Å². The molecule has 0 aliphatic rings. The Hall–Kier alpha value is -1.36. The fraction of sp³-hybridized carbons (Fsp3) is 0.733. The Morgan fingerprint density at radius 3 is 1.95 bits per heavy atom. The maximum atomic E-state index is 12.1. The molecule has 0 spiro atoms. The third-order valence-electron chi connectivity index (χ3n) is 2.37. The lowest BCUT2D eigenvalue weighted by atomic mass is 9.98. The monoisotopic (exact) mass is 286 g/mol. The topological polar surface area (TPSA) is 61.8 Å². The first-order valence-corrected chi connectivity index (χ1v) is 6.96. The van der Waals surface area contributed by atoms with Gasteiger partial charge in [-0.1, -0.05) is 6.08 Å². The van der Waals surface area contributed by atoms with Crippen LogP contribution < -0.4 is 0 Å². The third kappa shape index (κ3) is 6.70. The molecule has 0 amide bonds. The van der Waals surface area contributed by atoms with Crippen molar-refractivity contribution >= 4 is 11.9 Å². The molecular weight excluding hydrogens is 260 g/mol. The molecule has 0 aliphatic heterocycles. The van der Waals surface area contributed by atoms with Gasteiger partial charge in [-0.05, 0) is 41.0 Å². The molecule has 5 heteroatoms. The highest BCUT2D eigenvalue weighted by Gasteiger charge is 2.36. The van der Waals surface area contributed by atoms with E-state index in [4.69, 9.17) is 14.2 Å². The number of hydrogen-bond donors (Lipinski definition) is 0. The number of carbonyl (C=O) groups excluding carboxylic acids is 2. The normalized spacial score (nSPS) is 13.9. The average Bonchev–Trinajstić information content (AvgIpc) is 2.31. The Balaban J connectivity index is 5.06. The lowest BCUT2D eigenvalue weighted by Crippen LogP contribution is -2.40. The van der Waals surface area contributed by atoms with Crippen LogP contribution in [0.2, 0.25) is 0 Å². The Morgan fingerprint density at radius 2 is 1.55 bits per heavy atom. The minimum Gasteiger partial charge on any atom is -0.463 e. The molecule has 116 valence electrons. The summed E-state index contributed by atoms with van der Waals surface area (Å²) in [4.78, 5) is 24.2. The second-order valence-electron chi connectivity index (χ2n) is 4.98. The fourth-order valence-corrected chi connectivity index (χ4v) is 1.67. The highest BCUT2D eigenvalue weighted by molar-refractivity contribution is 5.84. The summed E-state index contributed by atoms with van der Waals surface area (Å²) in [5.74, 6) is -1.76. The van der Waals surface area contributed by atoms with Crippen molar-refractivity contribution in [3.05, 3.63) is 12.7 Å². The number of hydrogen-bond acceptors (Lipinski definition) is 5. The molecule has 2 atom stereocenters. The van der Waals surface area contributed by atoms with Crippen LogP contribution in [0.3, 0.4) is 0 Å². The predicted molar refractivity (Wildman–Crippen MR) is 76.2 cm³/mol. The van der Waals surface area contributed by atoms with Gasteiger partial charge in [-0.2, -0.15) is 0 Å². The zero-order chi connectivity index (χ0) is 15.7. The molecule has 0 saturated heterocycles. The van der Waals surface area contributed by atoms with E-state index in [1.807, 2.05) is 0 Å². The molecule has 20 heavy (non-hydrogen) atoms. The molecular formula is C15H26O5. The molecule has 0 saturated carbocycles. The Morgan fingerprint density at radius 1 is 1.05 bits per heavy atom. The van der Waals surface area contributed by atoms with Gasteiger partial charge < -0.3 is 14.2 Å². The first kappa shape index (κ1) is 18.6. The van der Waals surface area contributed by atoms with Crippen molar-refractivity contribution in [3.63, 3.8) is 0 Å². The standard InChI is InChI=1S/C15H26O5/c1-7-9-12(14(16)19-10(3)4)13(18-8-2)15(17)20-11(5)6/h7,10-13H,1,8-9H2,2-6H3/t12-,13?/m1/s1. The number of carbonyl (C=O) groups is 2. The minimum atomic E-state index is -0.966. The van der Waals surface area contributed by atoms with E-state index in [0.717, 1.165) is 0 Å². The number of esters is 2. The summed E-state index contributed by atoms with van der Waals surface area (Å²) in [6.07, 6.45) is 0.380. The van der Waals surface area contributed by atoms with Gasteiger partial charge in [-0.25, -0.2) is 4.79 Å². The highest BCUT2D eigenvalue weighted by Crippen LogP contribution is 2.18. The van der Waals surface area contributed by atoms with Gasteiger partial charge in [-0.3, -0.25) is 4.79 Å². The molecule has 0 heterocycles. The van der Waals surface area contributed by atoms with Crippen LogP contribution in [0, 0.1) is 5.92 Å². The van der Waals surface area contributed by atoms with E-state index in [9.17, 15) is 9.59 Å². The second kappa shape index (κ2) is 9.53. The van der Waals surface area contributed by atoms with Crippen molar-refractivity contribution in [2.24, 2.45) is 5.92 Å². The Bertz CT molecular complexity index is 322. The van der Waals surface area contributed by atoms with Crippen LogP contribution in [0.4, 0.5) is 0 Å². The summed E-state index contributed by atoms with van der Waals surface area (Å²) < 4.78 is 15.7. The van der Waals surface area contributed by atoms with Gasteiger partial charge in [0.15, 0.2) is 6.10 Å². The summed E-state index contributed by atoms with van der Waals surface area (Å²) in [5.41, 5.74) is 0. The molecule has 0 radical (unpaired) electrons. The zero-order valence-electron chi connectivity index (χ0n) is 13.0. The van der Waals surface area contributed by atoms with E-state index in [-0.39, 0.29) is 12.2 Å². The maximum Gasteiger partial charge on any atom is 0.336 e. The van der Waals surface area contributed by atoms with E-state index in [1.165, 1.54) is 0 Å². The lowest BCUT2D eigenvalue weighted by molar-refractivity contribution is -0.174. The molecule has 0 aromatic carbocycles. The van der Waals surface area contributed by atoms with Crippen LogP contribution in [0.1, 0.15) is 41.0 Å². The van der Waals surface area contributed by atoms with Gasteiger partial charge in [0.05, 0.1) is 18.1 Å². The SMILES string of the molecule is C=CC[C@@H](C(=O)OC(C)C)C(OCC)C(=O)OC(C)C. The highest BCUT2D eigenvalue weighted by atomic mass is 16.6. The van der Waals surface area contributed by atoms with Gasteiger partial charge in [0.25, 0.3) is 0 Å². The molecule has 0 rings (SSSR count). The van der Waals surface area contributed by atoms with Gasteiger partial charge >= 0.3 is 11.9 Å². The molecule has 0 fully saturated rings. The summed E-state index contributed by atoms with van der Waals surface area (Å²) in [6.45, 7) is 12.7. The quantitative estimate of drug-likeness (QED) is 0.481. The van der Waals surface area contributed by atoms with Crippen molar-refractivity contribution in [2.75, 3.05) is 6.61 Å². The first-order chi connectivity index (χ1) is 9.33. The predicted octanol–water partition coefficient (Wildman–Crippen LogP) is 2.49. The van der Waals surface area contributed by atoms with Crippen molar-refractivity contribution in [2.45, 2.75) is 59.4 Å². The molecule has 0 aliphatic carbocycles. The smallest absolute Gasteiger partial charge is 0.336 e. The summed E-state index contributed by atoms with van der Waals surface area (Å²) >= 11 is 0. The minimum absolute atomic E-state index is 0.252. The van der Waals surface area contributed by atoms with E-state index in [1.54, 1.807) is 40.7 Å². The Kier molecular flexibility index (Phi) is 8.88. The van der Waals surface area contributed by atoms with Crippen LogP contribution >= 0.6 is 0 Å². The first-order valence-electron chi connectivity index (χ1n) is 6.96. The lowest BCUT2D eigenvalue weighted by Gasteiger charge is -2.25. The van der Waals surface area contributed by atoms with Crippen LogP contribution in [0.25, 0.3) is 0 Å². The van der Waals surface area contributed by atoms with Crippen LogP contribution in [0.15, 0.2) is 12.7 Å². The van der Waals surface area contributed by atoms with Crippen molar-refractivity contribution in [3.8, 4) is 0 Å².